The van der Waals surface area contributed by atoms with Gasteiger partial charge in [0, 0.05) is 18.7 Å². The Bertz CT molecular complexity index is 1090. The first kappa shape index (κ1) is 24.2. The first-order valence-corrected chi connectivity index (χ1v) is 10.5. The molecule has 0 aliphatic carbocycles. The lowest BCUT2D eigenvalue weighted by atomic mass is 10.2. The van der Waals surface area contributed by atoms with E-state index in [1.54, 1.807) is 0 Å². The van der Waals surface area contributed by atoms with Crippen LogP contribution in [0.2, 0.25) is 0 Å². The lowest BCUT2D eigenvalue weighted by Gasteiger charge is -2.11. The number of aromatic hydroxyl groups is 1. The number of nitrogens with zero attached hydrogens (tertiary/aromatic N) is 2. The highest BCUT2D eigenvalue weighted by molar-refractivity contribution is 5.83. The van der Waals surface area contributed by atoms with Crippen molar-refractivity contribution in [3.05, 3.63) is 46.8 Å². The standard InChI is InChI=1S/C22H26N2O9/c1-2-29-9-10-30-11-12-31-13-14-32-20(26)15-33-19-8-4-6-17-22(19)24(28)16-5-3-7-18(25)21(16)23(17)27/h3-8,25H,2,9-15H2,1H3. The lowest BCUT2D eigenvalue weighted by molar-refractivity contribution is -0.591. The van der Waals surface area contributed by atoms with Crippen molar-refractivity contribution in [3.8, 4) is 11.5 Å². The zero-order chi connectivity index (χ0) is 23.6. The van der Waals surface area contributed by atoms with Gasteiger partial charge in [-0.2, -0.15) is 9.46 Å². The molecule has 1 aromatic heterocycles. The van der Waals surface area contributed by atoms with Gasteiger partial charge in [-0.1, -0.05) is 12.1 Å². The molecular weight excluding hydrogens is 436 g/mol. The van der Waals surface area contributed by atoms with Crippen molar-refractivity contribution in [2.75, 3.05) is 52.9 Å². The third-order valence-electron chi connectivity index (χ3n) is 4.60. The second kappa shape index (κ2) is 12.0. The maximum absolute atomic E-state index is 12.9. The van der Waals surface area contributed by atoms with Crippen LogP contribution < -0.4 is 14.2 Å². The molecule has 0 bridgehead atoms. The number of phenolic OH excluding ortho intramolecular Hbond substituents is 1. The molecular formula is C22H26N2O9. The second-order valence-electron chi connectivity index (χ2n) is 6.79. The summed E-state index contributed by atoms with van der Waals surface area (Å²) in [5, 5.41) is 35.5. The monoisotopic (exact) mass is 462 g/mol. The van der Waals surface area contributed by atoms with Gasteiger partial charge in [-0.3, -0.25) is 0 Å². The average Bonchev–Trinajstić information content (AvgIpc) is 2.82. The molecule has 3 rings (SSSR count). The van der Waals surface area contributed by atoms with Gasteiger partial charge in [-0.25, -0.2) is 4.79 Å². The Balaban J connectivity index is 1.51. The van der Waals surface area contributed by atoms with Gasteiger partial charge in [0.05, 0.1) is 33.0 Å². The summed E-state index contributed by atoms with van der Waals surface area (Å²) in [4.78, 5) is 12.0. The maximum atomic E-state index is 12.9. The fourth-order valence-electron chi connectivity index (χ4n) is 3.10. The predicted octanol–water partition coefficient (Wildman–Crippen LogP) is 0.957. The number of hydrogen-bond acceptors (Lipinski definition) is 9. The van der Waals surface area contributed by atoms with Crippen molar-refractivity contribution in [1.29, 1.82) is 0 Å². The second-order valence-corrected chi connectivity index (χ2v) is 6.79. The molecule has 0 spiro atoms. The van der Waals surface area contributed by atoms with Crippen molar-refractivity contribution in [1.82, 2.24) is 0 Å². The maximum Gasteiger partial charge on any atom is 0.344 e. The fourth-order valence-corrected chi connectivity index (χ4v) is 3.10. The summed E-state index contributed by atoms with van der Waals surface area (Å²) >= 11 is 0. The van der Waals surface area contributed by atoms with E-state index in [1.807, 2.05) is 6.92 Å². The Morgan fingerprint density at radius 2 is 1.42 bits per heavy atom. The van der Waals surface area contributed by atoms with Crippen molar-refractivity contribution < 1.29 is 43.0 Å². The summed E-state index contributed by atoms with van der Waals surface area (Å²) < 4.78 is 27.2. The van der Waals surface area contributed by atoms with Gasteiger partial charge in [-0.15, -0.1) is 0 Å². The number of aromatic nitrogens is 2. The number of phenols is 1. The van der Waals surface area contributed by atoms with Crippen LogP contribution >= 0.6 is 0 Å². The Hall–Kier alpha value is -3.41. The summed E-state index contributed by atoms with van der Waals surface area (Å²) in [6.45, 7) is 4.11. The predicted molar refractivity (Wildman–Crippen MR) is 116 cm³/mol. The minimum atomic E-state index is -0.658. The fraction of sp³-hybridized carbons (Fsp3) is 0.409. The highest BCUT2D eigenvalue weighted by Crippen LogP contribution is 2.25. The quantitative estimate of drug-likeness (QED) is 0.129. The number of hydrogen-bond donors (Lipinski definition) is 1. The van der Waals surface area contributed by atoms with E-state index in [-0.39, 0.29) is 46.8 Å². The van der Waals surface area contributed by atoms with Crippen LogP contribution in [0, 0.1) is 10.4 Å². The average molecular weight is 462 g/mol. The van der Waals surface area contributed by atoms with Crippen LogP contribution in [0.1, 0.15) is 6.92 Å². The molecule has 1 N–H and O–H groups in total. The molecule has 178 valence electrons. The molecule has 1 heterocycles. The number of esters is 1. The van der Waals surface area contributed by atoms with E-state index in [9.17, 15) is 20.3 Å². The lowest BCUT2D eigenvalue weighted by Crippen LogP contribution is -2.39. The van der Waals surface area contributed by atoms with E-state index in [4.69, 9.17) is 23.7 Å². The van der Waals surface area contributed by atoms with Crippen molar-refractivity contribution >= 4 is 28.0 Å². The SMILES string of the molecule is CCOCCOCCOCCOC(=O)COc1cccc2c1[n+]([O-])c1cccc(O)c1[n+]2[O-]. The molecule has 3 aromatic rings. The number of carbonyl (C=O) groups excluding carboxylic acids is 1. The Labute approximate surface area is 189 Å². The number of para-hydroxylation sites is 2. The molecule has 0 aliphatic rings. The summed E-state index contributed by atoms with van der Waals surface area (Å²) in [7, 11) is 0. The largest absolute Gasteiger partial charge is 0.617 e. The first-order chi connectivity index (χ1) is 16.0. The number of carbonyl (C=O) groups is 1. The van der Waals surface area contributed by atoms with E-state index in [2.05, 4.69) is 0 Å². The van der Waals surface area contributed by atoms with E-state index in [1.165, 1.54) is 36.4 Å². The third kappa shape index (κ3) is 6.09. The molecule has 0 aliphatic heterocycles. The molecule has 0 saturated heterocycles. The molecule has 0 fully saturated rings. The topological polar surface area (TPSA) is 137 Å². The molecule has 0 unspecified atom stereocenters. The van der Waals surface area contributed by atoms with Crippen molar-refractivity contribution in [2.45, 2.75) is 6.92 Å². The smallest absolute Gasteiger partial charge is 0.344 e. The van der Waals surface area contributed by atoms with E-state index in [0.29, 0.717) is 42.5 Å². The molecule has 11 heteroatoms. The number of ether oxygens (including phenoxy) is 5. The van der Waals surface area contributed by atoms with E-state index in [0.717, 1.165) is 0 Å². The first-order valence-electron chi connectivity index (χ1n) is 10.5. The van der Waals surface area contributed by atoms with E-state index < -0.39 is 12.6 Å². The van der Waals surface area contributed by atoms with Gasteiger partial charge in [0.15, 0.2) is 18.1 Å². The molecule has 0 radical (unpaired) electrons. The molecule has 0 saturated carbocycles. The molecule has 11 nitrogen and oxygen atoms in total. The highest BCUT2D eigenvalue weighted by Gasteiger charge is 2.27. The summed E-state index contributed by atoms with van der Waals surface area (Å²) in [5.74, 6) is -0.938. The van der Waals surface area contributed by atoms with Gasteiger partial charge >= 0.3 is 17.0 Å². The van der Waals surface area contributed by atoms with Crippen LogP contribution in [-0.2, 0) is 23.7 Å². The molecule has 33 heavy (non-hydrogen) atoms. The zero-order valence-corrected chi connectivity index (χ0v) is 18.2. The third-order valence-corrected chi connectivity index (χ3v) is 4.60. The highest BCUT2D eigenvalue weighted by atomic mass is 16.6. The Morgan fingerprint density at radius 3 is 2.12 bits per heavy atom. The normalized spacial score (nSPS) is 11.2. The summed E-state index contributed by atoms with van der Waals surface area (Å²) in [6.07, 6.45) is 0. The number of benzene rings is 2. The van der Waals surface area contributed by atoms with Gasteiger partial charge in [0.25, 0.3) is 11.0 Å². The van der Waals surface area contributed by atoms with Gasteiger partial charge in [0.2, 0.25) is 0 Å². The summed E-state index contributed by atoms with van der Waals surface area (Å²) in [5.41, 5.74) is -0.265. The van der Waals surface area contributed by atoms with Crippen LogP contribution in [-0.4, -0.2) is 63.9 Å². The zero-order valence-electron chi connectivity index (χ0n) is 18.2. The van der Waals surface area contributed by atoms with Crippen LogP contribution in [0.25, 0.3) is 22.1 Å². The van der Waals surface area contributed by atoms with Gasteiger partial charge in [-0.05, 0) is 19.1 Å². The molecule has 2 aromatic carbocycles. The van der Waals surface area contributed by atoms with Crippen LogP contribution in [0.3, 0.4) is 0 Å². The van der Waals surface area contributed by atoms with Gasteiger partial charge in [0.1, 0.15) is 6.61 Å². The van der Waals surface area contributed by atoms with Crippen LogP contribution in [0.5, 0.6) is 11.5 Å². The van der Waals surface area contributed by atoms with Crippen LogP contribution in [0.4, 0.5) is 0 Å². The minimum Gasteiger partial charge on any atom is -0.617 e. The summed E-state index contributed by atoms with van der Waals surface area (Å²) in [6, 6.07) is 8.57. The van der Waals surface area contributed by atoms with Crippen molar-refractivity contribution in [2.24, 2.45) is 0 Å². The molecule has 0 amide bonds. The Morgan fingerprint density at radius 1 is 0.848 bits per heavy atom. The van der Waals surface area contributed by atoms with Crippen LogP contribution in [0.15, 0.2) is 36.4 Å². The Kier molecular flexibility index (Phi) is 8.81. The van der Waals surface area contributed by atoms with Crippen molar-refractivity contribution in [3.63, 3.8) is 0 Å². The van der Waals surface area contributed by atoms with Gasteiger partial charge < -0.3 is 39.2 Å². The number of rotatable bonds is 13. The van der Waals surface area contributed by atoms with E-state index >= 15 is 0 Å². The number of fused-ring (bicyclic) bond motifs is 2. The molecule has 0 atom stereocenters. The minimum absolute atomic E-state index is 0.0123.